The Morgan fingerprint density at radius 1 is 1.44 bits per heavy atom. The predicted octanol–water partition coefficient (Wildman–Crippen LogP) is 1.83. The number of hydrogen-bond acceptors (Lipinski definition) is 3. The fraction of sp³-hybridized carbons (Fsp3) is 0.714. The van der Waals surface area contributed by atoms with Crippen LogP contribution < -0.4 is 10.7 Å². The van der Waals surface area contributed by atoms with Crippen LogP contribution in [0.2, 0.25) is 0 Å². The SMILES string of the molecule is C=C(C)C1CC(C(=O)NC2CC(C)CC2C)=NN1. The van der Waals surface area contributed by atoms with Crippen molar-refractivity contribution < 1.29 is 4.79 Å². The molecule has 0 aromatic rings. The fourth-order valence-corrected chi connectivity index (χ4v) is 2.88. The van der Waals surface area contributed by atoms with E-state index >= 15 is 0 Å². The van der Waals surface area contributed by atoms with Crippen molar-refractivity contribution in [3.8, 4) is 0 Å². The molecule has 0 saturated heterocycles. The van der Waals surface area contributed by atoms with Crippen molar-refractivity contribution in [2.24, 2.45) is 16.9 Å². The lowest BCUT2D eigenvalue weighted by Crippen LogP contribution is -2.40. The maximum Gasteiger partial charge on any atom is 0.267 e. The highest BCUT2D eigenvalue weighted by Crippen LogP contribution is 2.30. The van der Waals surface area contributed by atoms with E-state index in [2.05, 4.69) is 36.3 Å². The van der Waals surface area contributed by atoms with Crippen molar-refractivity contribution in [3.63, 3.8) is 0 Å². The van der Waals surface area contributed by atoms with E-state index < -0.39 is 0 Å². The molecule has 1 saturated carbocycles. The molecule has 0 aromatic heterocycles. The molecular weight excluding hydrogens is 226 g/mol. The molecule has 100 valence electrons. The zero-order valence-electron chi connectivity index (χ0n) is 11.5. The Bertz CT molecular complexity index is 389. The van der Waals surface area contributed by atoms with Crippen LogP contribution in [0.4, 0.5) is 0 Å². The normalized spacial score (nSPS) is 34.9. The lowest BCUT2D eigenvalue weighted by atomic mass is 10.0. The second kappa shape index (κ2) is 5.12. The van der Waals surface area contributed by atoms with Crippen LogP contribution in [0.15, 0.2) is 17.3 Å². The standard InChI is InChI=1S/C14H23N3O/c1-8(2)11-7-13(17-16-11)14(18)15-12-6-9(3)5-10(12)4/h9-12,16H,1,5-7H2,2-4H3,(H,15,18). The zero-order valence-corrected chi connectivity index (χ0v) is 11.5. The van der Waals surface area contributed by atoms with E-state index in [0.717, 1.165) is 12.0 Å². The molecule has 1 amide bonds. The van der Waals surface area contributed by atoms with Crippen molar-refractivity contribution in [2.45, 2.75) is 52.1 Å². The first-order valence-corrected chi connectivity index (χ1v) is 6.75. The second-order valence-electron chi connectivity index (χ2n) is 5.92. The summed E-state index contributed by atoms with van der Waals surface area (Å²) >= 11 is 0. The van der Waals surface area contributed by atoms with Gasteiger partial charge in [-0.2, -0.15) is 5.10 Å². The van der Waals surface area contributed by atoms with Crippen LogP contribution in [0.25, 0.3) is 0 Å². The molecule has 0 aromatic carbocycles. The minimum absolute atomic E-state index is 0.0165. The summed E-state index contributed by atoms with van der Waals surface area (Å²) in [6.45, 7) is 10.3. The number of rotatable bonds is 3. The van der Waals surface area contributed by atoms with Crippen molar-refractivity contribution >= 4 is 11.6 Å². The van der Waals surface area contributed by atoms with Gasteiger partial charge in [0.15, 0.2) is 0 Å². The molecule has 18 heavy (non-hydrogen) atoms. The number of carbonyl (C=O) groups is 1. The van der Waals surface area contributed by atoms with E-state index in [1.165, 1.54) is 6.42 Å². The molecule has 0 radical (unpaired) electrons. The Balaban J connectivity index is 1.88. The summed E-state index contributed by atoms with van der Waals surface area (Å²) in [5.74, 6) is 1.25. The monoisotopic (exact) mass is 249 g/mol. The predicted molar refractivity (Wildman–Crippen MR) is 73.3 cm³/mol. The highest BCUT2D eigenvalue weighted by atomic mass is 16.2. The van der Waals surface area contributed by atoms with Gasteiger partial charge in [-0.3, -0.25) is 4.79 Å². The summed E-state index contributed by atoms with van der Waals surface area (Å²) in [7, 11) is 0. The molecule has 1 aliphatic heterocycles. The topological polar surface area (TPSA) is 53.5 Å². The molecule has 4 nitrogen and oxygen atoms in total. The Morgan fingerprint density at radius 3 is 2.67 bits per heavy atom. The molecule has 4 atom stereocenters. The first-order chi connectivity index (χ1) is 8.47. The molecule has 0 spiro atoms. The molecule has 2 aliphatic rings. The van der Waals surface area contributed by atoms with Crippen molar-refractivity contribution in [1.29, 1.82) is 0 Å². The van der Waals surface area contributed by atoms with Crippen LogP contribution in [0.5, 0.6) is 0 Å². The van der Waals surface area contributed by atoms with E-state index in [1.54, 1.807) is 0 Å². The summed E-state index contributed by atoms with van der Waals surface area (Å²) in [6.07, 6.45) is 2.93. The average molecular weight is 249 g/mol. The number of hydrogen-bond donors (Lipinski definition) is 2. The Kier molecular flexibility index (Phi) is 3.73. The highest BCUT2D eigenvalue weighted by molar-refractivity contribution is 6.39. The van der Waals surface area contributed by atoms with Crippen molar-refractivity contribution in [2.75, 3.05) is 0 Å². The first-order valence-electron chi connectivity index (χ1n) is 6.75. The Hall–Kier alpha value is -1.32. The summed E-state index contributed by atoms with van der Waals surface area (Å²) < 4.78 is 0. The van der Waals surface area contributed by atoms with Crippen LogP contribution in [0.3, 0.4) is 0 Å². The number of nitrogens with one attached hydrogen (secondary N) is 2. The van der Waals surface area contributed by atoms with Gasteiger partial charge < -0.3 is 10.7 Å². The summed E-state index contributed by atoms with van der Waals surface area (Å²) in [5, 5.41) is 7.24. The molecule has 4 heteroatoms. The molecule has 1 aliphatic carbocycles. The van der Waals surface area contributed by atoms with Gasteiger partial charge in [-0.15, -0.1) is 0 Å². The zero-order chi connectivity index (χ0) is 13.3. The molecule has 2 rings (SSSR count). The fourth-order valence-electron chi connectivity index (χ4n) is 2.88. The maximum absolute atomic E-state index is 12.1. The maximum atomic E-state index is 12.1. The molecule has 1 fully saturated rings. The molecule has 4 unspecified atom stereocenters. The smallest absolute Gasteiger partial charge is 0.267 e. The van der Waals surface area contributed by atoms with Gasteiger partial charge >= 0.3 is 0 Å². The van der Waals surface area contributed by atoms with Gasteiger partial charge in [0, 0.05) is 12.5 Å². The van der Waals surface area contributed by atoms with Gasteiger partial charge in [0.2, 0.25) is 0 Å². The summed E-state index contributed by atoms with van der Waals surface area (Å²) in [5.41, 5.74) is 4.58. The molecule has 2 N–H and O–H groups in total. The third kappa shape index (κ3) is 2.74. The summed E-state index contributed by atoms with van der Waals surface area (Å²) in [6, 6.07) is 0.421. The highest BCUT2D eigenvalue weighted by Gasteiger charge is 2.32. The van der Waals surface area contributed by atoms with E-state index in [1.807, 2.05) is 6.92 Å². The quantitative estimate of drug-likeness (QED) is 0.750. The van der Waals surface area contributed by atoms with Gasteiger partial charge in [0.05, 0.1) is 6.04 Å². The van der Waals surface area contributed by atoms with E-state index in [9.17, 15) is 4.79 Å². The minimum atomic E-state index is -0.0165. The minimum Gasteiger partial charge on any atom is -0.348 e. The lowest BCUT2D eigenvalue weighted by Gasteiger charge is -2.17. The summed E-state index contributed by atoms with van der Waals surface area (Å²) in [4.78, 5) is 12.1. The van der Waals surface area contributed by atoms with Crippen LogP contribution in [0.1, 0.15) is 40.0 Å². The molecular formula is C14H23N3O. The van der Waals surface area contributed by atoms with E-state index in [0.29, 0.717) is 30.0 Å². The Morgan fingerprint density at radius 2 is 2.17 bits per heavy atom. The average Bonchev–Trinajstić information content (AvgIpc) is 2.86. The lowest BCUT2D eigenvalue weighted by molar-refractivity contribution is -0.115. The van der Waals surface area contributed by atoms with Gasteiger partial charge in [-0.1, -0.05) is 26.0 Å². The molecule has 0 bridgehead atoms. The van der Waals surface area contributed by atoms with Crippen LogP contribution >= 0.6 is 0 Å². The molecule has 1 heterocycles. The van der Waals surface area contributed by atoms with Crippen molar-refractivity contribution in [1.82, 2.24) is 10.7 Å². The number of hydrazone groups is 1. The van der Waals surface area contributed by atoms with Gasteiger partial charge in [0.25, 0.3) is 5.91 Å². The van der Waals surface area contributed by atoms with E-state index in [-0.39, 0.29) is 11.9 Å². The van der Waals surface area contributed by atoms with E-state index in [4.69, 9.17) is 0 Å². The van der Waals surface area contributed by atoms with Crippen LogP contribution in [0, 0.1) is 11.8 Å². The van der Waals surface area contributed by atoms with Crippen molar-refractivity contribution in [3.05, 3.63) is 12.2 Å². The second-order valence-corrected chi connectivity index (χ2v) is 5.92. The largest absolute Gasteiger partial charge is 0.348 e. The van der Waals surface area contributed by atoms with Gasteiger partial charge in [-0.25, -0.2) is 0 Å². The van der Waals surface area contributed by atoms with Crippen LogP contribution in [-0.2, 0) is 4.79 Å². The first kappa shape index (κ1) is 13.1. The van der Waals surface area contributed by atoms with Gasteiger partial charge in [-0.05, 0) is 31.6 Å². The van der Waals surface area contributed by atoms with Gasteiger partial charge in [0.1, 0.15) is 5.71 Å². The third-order valence-corrected chi connectivity index (χ3v) is 4.04. The van der Waals surface area contributed by atoms with Crippen LogP contribution in [-0.4, -0.2) is 23.7 Å². The number of amides is 1. The number of nitrogens with zero attached hydrogens (tertiary/aromatic N) is 1. The number of carbonyl (C=O) groups excluding carboxylic acids is 1. The Labute approximate surface area is 109 Å². The third-order valence-electron chi connectivity index (χ3n) is 4.04.